The Labute approximate surface area is 411 Å². The largest absolute Gasteiger partial charge is 0.457 e. The quantitative estimate of drug-likeness (QED) is 0.0198. The third kappa shape index (κ3) is 46.7. The fourth-order valence-electron chi connectivity index (χ4n) is 7.57. The molecule has 0 saturated carbocycles. The standard InChI is InChI=1S/C55H104N4O8/c1-7-9-11-13-15-17-19-21-23-25-27-29-31-33-35-39-53(62)66-55(49-64-51(60)41-45-56-43-37-47-58(3)4,50-65-52(61)42-46-57-44-38-48-59(5)6)67-54(63)40-36-34-32-30-28-26-24-22-20-18-16-14-12-10-8-2/h21-24,56-57H,7-20,25-50H2,1-6H3/b23-21-,24-22-. The van der Waals surface area contributed by atoms with Crippen LogP contribution in [0, 0.1) is 0 Å². The zero-order valence-electron chi connectivity index (χ0n) is 44.3. The molecule has 0 aromatic rings. The first-order valence-electron chi connectivity index (χ1n) is 27.3. The minimum absolute atomic E-state index is 0.0725. The molecule has 392 valence electrons. The summed E-state index contributed by atoms with van der Waals surface area (Å²) in [7, 11) is 8.06. The van der Waals surface area contributed by atoms with Crippen LogP contribution in [0.4, 0.5) is 0 Å². The SMILES string of the molecule is CCCCCCCC/C=C\CCCCCCCC(=O)OC(COC(=O)CCNCCCN(C)C)(COC(=O)CCNCCCN(C)C)OC(=O)CCCCCCC/C=C\CCCCCCCC. The van der Waals surface area contributed by atoms with E-state index in [1.54, 1.807) is 0 Å². The maximum absolute atomic E-state index is 13.5. The second-order valence-electron chi connectivity index (χ2n) is 19.2. The van der Waals surface area contributed by atoms with Gasteiger partial charge in [0.15, 0.2) is 13.2 Å². The first kappa shape index (κ1) is 64.2. The Kier molecular flexibility index (Phi) is 46.2. The van der Waals surface area contributed by atoms with Crippen molar-refractivity contribution in [2.24, 2.45) is 0 Å². The Hall–Kier alpha value is -2.80. The van der Waals surface area contributed by atoms with Crippen LogP contribution in [0.3, 0.4) is 0 Å². The summed E-state index contributed by atoms with van der Waals surface area (Å²) in [6, 6.07) is 0. The third-order valence-corrected chi connectivity index (χ3v) is 11.7. The van der Waals surface area contributed by atoms with Crippen LogP contribution in [0.5, 0.6) is 0 Å². The summed E-state index contributed by atoms with van der Waals surface area (Å²) in [5.41, 5.74) is 0. The van der Waals surface area contributed by atoms with E-state index in [0.29, 0.717) is 25.9 Å². The van der Waals surface area contributed by atoms with Gasteiger partial charge in [0.05, 0.1) is 12.8 Å². The van der Waals surface area contributed by atoms with Gasteiger partial charge in [0.2, 0.25) is 0 Å². The van der Waals surface area contributed by atoms with Gasteiger partial charge in [0.25, 0.3) is 0 Å². The number of allylic oxidation sites excluding steroid dienone is 4. The first-order valence-corrected chi connectivity index (χ1v) is 27.3. The molecule has 0 amide bonds. The lowest BCUT2D eigenvalue weighted by atomic mass is 10.1. The van der Waals surface area contributed by atoms with Gasteiger partial charge in [0, 0.05) is 25.9 Å². The molecule has 0 saturated heterocycles. The molecule has 0 heterocycles. The Morgan fingerprint density at radius 2 is 0.701 bits per heavy atom. The molecule has 67 heavy (non-hydrogen) atoms. The number of rotatable bonds is 50. The van der Waals surface area contributed by atoms with Gasteiger partial charge < -0.3 is 39.4 Å². The Morgan fingerprint density at radius 3 is 1.03 bits per heavy atom. The van der Waals surface area contributed by atoms with Gasteiger partial charge in [-0.25, -0.2) is 0 Å². The molecule has 0 aromatic heterocycles. The molecule has 0 spiro atoms. The number of unbranched alkanes of at least 4 members (excludes halogenated alkanes) is 22. The fourth-order valence-corrected chi connectivity index (χ4v) is 7.57. The van der Waals surface area contributed by atoms with E-state index in [-0.39, 0.29) is 25.7 Å². The van der Waals surface area contributed by atoms with E-state index in [9.17, 15) is 19.2 Å². The zero-order chi connectivity index (χ0) is 49.3. The summed E-state index contributed by atoms with van der Waals surface area (Å²) >= 11 is 0. The average molecular weight is 949 g/mol. The highest BCUT2D eigenvalue weighted by Crippen LogP contribution is 2.21. The molecule has 0 aliphatic heterocycles. The molecule has 12 heteroatoms. The molecule has 0 rings (SSSR count). The number of nitrogens with one attached hydrogen (secondary N) is 2. The predicted molar refractivity (Wildman–Crippen MR) is 277 cm³/mol. The van der Waals surface area contributed by atoms with Crippen molar-refractivity contribution < 1.29 is 38.1 Å². The minimum Gasteiger partial charge on any atom is -0.457 e. The topological polar surface area (TPSA) is 136 Å². The van der Waals surface area contributed by atoms with Gasteiger partial charge in [-0.3, -0.25) is 19.2 Å². The van der Waals surface area contributed by atoms with Gasteiger partial charge in [-0.15, -0.1) is 0 Å². The molecule has 0 unspecified atom stereocenters. The van der Waals surface area contributed by atoms with Crippen LogP contribution in [0.2, 0.25) is 0 Å². The van der Waals surface area contributed by atoms with E-state index in [1.165, 1.54) is 77.0 Å². The van der Waals surface area contributed by atoms with Gasteiger partial charge >= 0.3 is 29.7 Å². The number of hydrogen-bond acceptors (Lipinski definition) is 12. The van der Waals surface area contributed by atoms with Crippen LogP contribution in [-0.4, -0.2) is 120 Å². The van der Waals surface area contributed by atoms with Crippen LogP contribution in [0.25, 0.3) is 0 Å². The highest BCUT2D eigenvalue weighted by atomic mass is 16.8. The second kappa shape index (κ2) is 48.2. The summed E-state index contributed by atoms with van der Waals surface area (Å²) in [6.07, 6.45) is 41.0. The molecule has 0 aromatic carbocycles. The third-order valence-electron chi connectivity index (χ3n) is 11.7. The van der Waals surface area contributed by atoms with E-state index < -0.39 is 42.9 Å². The van der Waals surface area contributed by atoms with Gasteiger partial charge in [-0.05, 0) is 131 Å². The molecule has 0 aliphatic carbocycles. The molecule has 0 atom stereocenters. The van der Waals surface area contributed by atoms with Crippen molar-refractivity contribution in [3.63, 3.8) is 0 Å². The van der Waals surface area contributed by atoms with Crippen LogP contribution in [0.15, 0.2) is 24.3 Å². The number of esters is 4. The molecule has 0 fully saturated rings. The summed E-state index contributed by atoms with van der Waals surface area (Å²) < 4.78 is 23.1. The lowest BCUT2D eigenvalue weighted by Crippen LogP contribution is -2.49. The van der Waals surface area contributed by atoms with Crippen molar-refractivity contribution >= 4 is 23.9 Å². The van der Waals surface area contributed by atoms with Crippen molar-refractivity contribution in [2.75, 3.05) is 80.7 Å². The number of ether oxygens (including phenoxy) is 4. The first-order chi connectivity index (χ1) is 32.5. The van der Waals surface area contributed by atoms with E-state index in [4.69, 9.17) is 18.9 Å². The Bertz CT molecular complexity index is 1130. The maximum atomic E-state index is 13.5. The number of carbonyl (C=O) groups excluding carboxylic acids is 4. The monoisotopic (exact) mass is 949 g/mol. The van der Waals surface area contributed by atoms with Gasteiger partial charge in [-0.2, -0.15) is 0 Å². The van der Waals surface area contributed by atoms with Crippen molar-refractivity contribution in [3.8, 4) is 0 Å². The van der Waals surface area contributed by atoms with Gasteiger partial charge in [-0.1, -0.05) is 141 Å². The average Bonchev–Trinajstić information content (AvgIpc) is 3.29. The molecule has 0 bridgehead atoms. The molecule has 0 radical (unpaired) electrons. The second-order valence-corrected chi connectivity index (χ2v) is 19.2. The summed E-state index contributed by atoms with van der Waals surface area (Å²) in [5.74, 6) is -4.37. The smallest absolute Gasteiger partial charge is 0.325 e. The van der Waals surface area contributed by atoms with Crippen molar-refractivity contribution in [1.82, 2.24) is 20.4 Å². The van der Waals surface area contributed by atoms with Crippen molar-refractivity contribution in [3.05, 3.63) is 24.3 Å². The number of hydrogen-bond donors (Lipinski definition) is 2. The van der Waals surface area contributed by atoms with Crippen LogP contribution in [-0.2, 0) is 38.1 Å². The minimum atomic E-state index is -2.10. The number of carbonyl (C=O) groups is 4. The fraction of sp³-hybridized carbons (Fsp3) is 0.855. The normalized spacial score (nSPS) is 11.9. The molecular weight excluding hydrogens is 845 g/mol. The predicted octanol–water partition coefficient (Wildman–Crippen LogP) is 11.8. The maximum Gasteiger partial charge on any atom is 0.325 e. The molecular formula is C55H104N4O8. The lowest BCUT2D eigenvalue weighted by Gasteiger charge is -2.32. The van der Waals surface area contributed by atoms with E-state index in [2.05, 4.69) is 58.6 Å². The summed E-state index contributed by atoms with van der Waals surface area (Å²) in [5, 5.41) is 6.50. The Morgan fingerprint density at radius 1 is 0.388 bits per heavy atom. The van der Waals surface area contributed by atoms with E-state index >= 15 is 0 Å². The Balaban J connectivity index is 5.40. The number of nitrogens with zero attached hydrogens (tertiary/aromatic N) is 2. The highest BCUT2D eigenvalue weighted by Gasteiger charge is 2.42. The van der Waals surface area contributed by atoms with E-state index in [0.717, 1.165) is 116 Å². The van der Waals surface area contributed by atoms with Crippen LogP contribution >= 0.6 is 0 Å². The highest BCUT2D eigenvalue weighted by molar-refractivity contribution is 5.73. The summed E-state index contributed by atoms with van der Waals surface area (Å²) in [6.45, 7) is 7.51. The lowest BCUT2D eigenvalue weighted by molar-refractivity contribution is -0.259. The molecule has 0 aliphatic rings. The zero-order valence-corrected chi connectivity index (χ0v) is 44.3. The van der Waals surface area contributed by atoms with Crippen LogP contribution < -0.4 is 10.6 Å². The molecule has 2 N–H and O–H groups in total. The molecule has 12 nitrogen and oxygen atoms in total. The van der Waals surface area contributed by atoms with Crippen LogP contribution in [0.1, 0.15) is 219 Å². The van der Waals surface area contributed by atoms with Gasteiger partial charge in [0.1, 0.15) is 0 Å². The summed E-state index contributed by atoms with van der Waals surface area (Å²) in [4.78, 5) is 57.1. The van der Waals surface area contributed by atoms with Crippen molar-refractivity contribution in [1.29, 1.82) is 0 Å². The van der Waals surface area contributed by atoms with E-state index in [1.807, 2.05) is 28.2 Å². The van der Waals surface area contributed by atoms with Crippen molar-refractivity contribution in [2.45, 2.75) is 225 Å².